The summed E-state index contributed by atoms with van der Waals surface area (Å²) in [7, 11) is 3.64. The number of benzene rings is 1. The van der Waals surface area contributed by atoms with Crippen LogP contribution in [-0.2, 0) is 4.74 Å². The third-order valence-electron chi connectivity index (χ3n) is 1.93. The van der Waals surface area contributed by atoms with Gasteiger partial charge in [-0.05, 0) is 18.7 Å². The molecule has 1 rings (SSSR count). The summed E-state index contributed by atoms with van der Waals surface area (Å²) < 4.78 is 6.46. The molecule has 0 spiro atoms. The van der Waals surface area contributed by atoms with Crippen molar-refractivity contribution < 1.29 is 4.74 Å². The van der Waals surface area contributed by atoms with Gasteiger partial charge in [0.1, 0.15) is 0 Å². The molecule has 1 N–H and O–H groups in total. The molecule has 0 radical (unpaired) electrons. The van der Waals surface area contributed by atoms with Gasteiger partial charge in [0.15, 0.2) is 0 Å². The van der Waals surface area contributed by atoms with Gasteiger partial charge in [0.2, 0.25) is 0 Å². The Balaban J connectivity index is 2.84. The Morgan fingerprint density at radius 1 is 1.46 bits per heavy atom. The molecule has 0 saturated carbocycles. The van der Waals surface area contributed by atoms with Gasteiger partial charge in [0.05, 0.1) is 6.10 Å². The number of ether oxygens (including phenoxy) is 1. The van der Waals surface area contributed by atoms with Crippen molar-refractivity contribution in [2.45, 2.75) is 6.10 Å². The molecule has 13 heavy (non-hydrogen) atoms. The molecule has 0 aliphatic carbocycles. The fraction of sp³-hybridized carbons (Fsp3) is 0.400. The zero-order valence-corrected chi connectivity index (χ0v) is 9.47. The van der Waals surface area contributed by atoms with E-state index >= 15 is 0 Å². The number of halogens is 1. The van der Waals surface area contributed by atoms with Crippen LogP contribution in [0, 0.1) is 0 Å². The molecular weight excluding hydrogens is 230 g/mol. The summed E-state index contributed by atoms with van der Waals surface area (Å²) in [5.74, 6) is 0. The summed E-state index contributed by atoms with van der Waals surface area (Å²) in [6, 6.07) is 8.11. The maximum atomic E-state index is 5.37. The van der Waals surface area contributed by atoms with E-state index in [4.69, 9.17) is 4.74 Å². The van der Waals surface area contributed by atoms with Crippen LogP contribution in [0.2, 0.25) is 0 Å². The highest BCUT2D eigenvalue weighted by Crippen LogP contribution is 2.24. The highest BCUT2D eigenvalue weighted by Gasteiger charge is 2.11. The highest BCUT2D eigenvalue weighted by atomic mass is 79.9. The Morgan fingerprint density at radius 2 is 2.15 bits per heavy atom. The van der Waals surface area contributed by atoms with Crippen LogP contribution in [0.5, 0.6) is 0 Å². The van der Waals surface area contributed by atoms with E-state index in [9.17, 15) is 0 Å². The van der Waals surface area contributed by atoms with Gasteiger partial charge in [-0.15, -0.1) is 0 Å². The lowest BCUT2D eigenvalue weighted by molar-refractivity contribution is 0.104. The average molecular weight is 244 g/mol. The zero-order valence-electron chi connectivity index (χ0n) is 7.88. The quantitative estimate of drug-likeness (QED) is 0.877. The largest absolute Gasteiger partial charge is 0.375 e. The van der Waals surface area contributed by atoms with Crippen molar-refractivity contribution in [2.24, 2.45) is 0 Å². The maximum absolute atomic E-state index is 5.37. The molecule has 0 bridgehead atoms. The molecule has 1 unspecified atom stereocenters. The number of rotatable bonds is 4. The molecule has 0 heterocycles. The molecule has 1 aromatic carbocycles. The van der Waals surface area contributed by atoms with Crippen molar-refractivity contribution >= 4 is 15.9 Å². The van der Waals surface area contributed by atoms with Gasteiger partial charge in [-0.2, -0.15) is 0 Å². The first-order chi connectivity index (χ1) is 6.29. The molecule has 2 nitrogen and oxygen atoms in total. The van der Waals surface area contributed by atoms with E-state index in [0.717, 1.165) is 11.0 Å². The Kier molecular flexibility index (Phi) is 4.42. The van der Waals surface area contributed by atoms with Crippen LogP contribution in [0.4, 0.5) is 0 Å². The minimum Gasteiger partial charge on any atom is -0.375 e. The van der Waals surface area contributed by atoms with Crippen molar-refractivity contribution in [3.63, 3.8) is 0 Å². The molecular formula is C10H14BrNO. The molecule has 72 valence electrons. The lowest BCUT2D eigenvalue weighted by Gasteiger charge is -2.16. The summed E-state index contributed by atoms with van der Waals surface area (Å²) >= 11 is 3.50. The Hall–Kier alpha value is -0.380. The SMILES string of the molecule is CNCC(OC)c1ccccc1Br. The van der Waals surface area contributed by atoms with Crippen LogP contribution in [-0.4, -0.2) is 20.7 Å². The van der Waals surface area contributed by atoms with Crippen LogP contribution in [0.15, 0.2) is 28.7 Å². The highest BCUT2D eigenvalue weighted by molar-refractivity contribution is 9.10. The van der Waals surface area contributed by atoms with Crippen LogP contribution in [0.1, 0.15) is 11.7 Å². The number of hydrogen-bond acceptors (Lipinski definition) is 2. The zero-order chi connectivity index (χ0) is 9.68. The van der Waals surface area contributed by atoms with Crippen LogP contribution >= 0.6 is 15.9 Å². The number of likely N-dealkylation sites (N-methyl/N-ethyl adjacent to an activating group) is 1. The lowest BCUT2D eigenvalue weighted by atomic mass is 10.1. The molecule has 1 atom stereocenters. The average Bonchev–Trinajstić information content (AvgIpc) is 2.16. The van der Waals surface area contributed by atoms with Gasteiger partial charge in [0, 0.05) is 18.1 Å². The van der Waals surface area contributed by atoms with Gasteiger partial charge in [-0.1, -0.05) is 34.1 Å². The van der Waals surface area contributed by atoms with Crippen LogP contribution < -0.4 is 5.32 Å². The summed E-state index contributed by atoms with van der Waals surface area (Å²) in [6.45, 7) is 0.819. The summed E-state index contributed by atoms with van der Waals surface area (Å²) in [6.07, 6.45) is 0.112. The molecule has 1 aromatic rings. The Labute approximate surface area is 87.4 Å². The third kappa shape index (κ3) is 2.79. The second-order valence-corrected chi connectivity index (χ2v) is 3.66. The van der Waals surface area contributed by atoms with E-state index < -0.39 is 0 Å². The maximum Gasteiger partial charge on any atom is 0.0956 e. The first-order valence-corrected chi connectivity index (χ1v) is 5.00. The Bertz CT molecular complexity index is 265. The van der Waals surface area contributed by atoms with Crippen molar-refractivity contribution in [2.75, 3.05) is 20.7 Å². The topological polar surface area (TPSA) is 21.3 Å². The van der Waals surface area contributed by atoms with Gasteiger partial charge in [0.25, 0.3) is 0 Å². The second-order valence-electron chi connectivity index (χ2n) is 2.80. The first-order valence-electron chi connectivity index (χ1n) is 4.21. The molecule has 0 aromatic heterocycles. The summed E-state index contributed by atoms with van der Waals surface area (Å²) in [4.78, 5) is 0. The summed E-state index contributed by atoms with van der Waals surface area (Å²) in [5.41, 5.74) is 1.18. The normalized spacial score (nSPS) is 12.8. The van der Waals surface area contributed by atoms with E-state index in [1.54, 1.807) is 7.11 Å². The number of hydrogen-bond donors (Lipinski definition) is 1. The van der Waals surface area contributed by atoms with Crippen molar-refractivity contribution in [1.29, 1.82) is 0 Å². The van der Waals surface area contributed by atoms with E-state index in [1.165, 1.54) is 5.56 Å². The number of nitrogens with one attached hydrogen (secondary N) is 1. The fourth-order valence-corrected chi connectivity index (χ4v) is 1.78. The molecule has 0 amide bonds. The summed E-state index contributed by atoms with van der Waals surface area (Å²) in [5, 5.41) is 3.10. The molecule has 3 heteroatoms. The predicted octanol–water partition coefficient (Wildman–Crippen LogP) is 2.36. The minimum atomic E-state index is 0.112. The Morgan fingerprint density at radius 3 is 2.69 bits per heavy atom. The van der Waals surface area contributed by atoms with E-state index in [0.29, 0.717) is 0 Å². The lowest BCUT2D eigenvalue weighted by Crippen LogP contribution is -2.18. The van der Waals surface area contributed by atoms with Gasteiger partial charge >= 0.3 is 0 Å². The second kappa shape index (κ2) is 5.37. The van der Waals surface area contributed by atoms with E-state index in [2.05, 4.69) is 27.3 Å². The van der Waals surface area contributed by atoms with Gasteiger partial charge < -0.3 is 10.1 Å². The van der Waals surface area contributed by atoms with Crippen molar-refractivity contribution in [3.05, 3.63) is 34.3 Å². The van der Waals surface area contributed by atoms with Gasteiger partial charge in [-0.3, -0.25) is 0 Å². The number of methoxy groups -OCH3 is 1. The molecule has 0 aliphatic heterocycles. The van der Waals surface area contributed by atoms with Crippen LogP contribution in [0.25, 0.3) is 0 Å². The monoisotopic (exact) mass is 243 g/mol. The first kappa shape index (κ1) is 10.7. The molecule has 0 fully saturated rings. The van der Waals surface area contributed by atoms with Crippen LogP contribution in [0.3, 0.4) is 0 Å². The molecule has 0 saturated heterocycles. The van der Waals surface area contributed by atoms with E-state index in [1.807, 2.05) is 25.2 Å². The predicted molar refractivity (Wildman–Crippen MR) is 57.8 cm³/mol. The van der Waals surface area contributed by atoms with Crippen molar-refractivity contribution in [3.8, 4) is 0 Å². The molecule has 0 aliphatic rings. The third-order valence-corrected chi connectivity index (χ3v) is 2.65. The minimum absolute atomic E-state index is 0.112. The smallest absolute Gasteiger partial charge is 0.0956 e. The fourth-order valence-electron chi connectivity index (χ4n) is 1.24. The van der Waals surface area contributed by atoms with E-state index in [-0.39, 0.29) is 6.10 Å². The standard InChI is InChI=1S/C10H14BrNO/c1-12-7-10(13-2)8-5-3-4-6-9(8)11/h3-6,10,12H,7H2,1-2H3. The van der Waals surface area contributed by atoms with Crippen molar-refractivity contribution in [1.82, 2.24) is 5.32 Å². The van der Waals surface area contributed by atoms with Gasteiger partial charge in [-0.25, -0.2) is 0 Å².